The fourth-order valence-electron chi connectivity index (χ4n) is 0.299. The molecule has 0 unspecified atom stereocenters. The molecule has 0 fully saturated rings. The molecule has 0 aliphatic heterocycles. The molecular weight excluding hydrogens is 134 g/mol. The standard InChI is InChI=1S/C5H7N3O2/c6-3-8-4-7-2-1-5(9)10/h4H,1-2H2,(H,7,8)(H,9,10). The van der Waals surface area contributed by atoms with Crippen LogP contribution in [0.2, 0.25) is 0 Å². The van der Waals surface area contributed by atoms with Gasteiger partial charge in [0.25, 0.3) is 0 Å². The quantitative estimate of drug-likeness (QED) is 0.240. The second kappa shape index (κ2) is 5.56. The fraction of sp³-hybridized carbons (Fsp3) is 0.400. The van der Waals surface area contributed by atoms with E-state index in [1.165, 1.54) is 6.34 Å². The van der Waals surface area contributed by atoms with Crippen LogP contribution in [0.25, 0.3) is 0 Å². The SMILES string of the molecule is N#CNC=NCCC(=O)O. The molecule has 0 aliphatic rings. The number of nitriles is 1. The fourth-order valence-corrected chi connectivity index (χ4v) is 0.299. The highest BCUT2D eigenvalue weighted by molar-refractivity contribution is 5.67. The molecule has 54 valence electrons. The lowest BCUT2D eigenvalue weighted by Gasteiger charge is -1.85. The van der Waals surface area contributed by atoms with Gasteiger partial charge in [-0.25, -0.2) is 0 Å². The van der Waals surface area contributed by atoms with Crippen LogP contribution in [0.1, 0.15) is 6.42 Å². The smallest absolute Gasteiger partial charge is 0.305 e. The van der Waals surface area contributed by atoms with E-state index in [1.54, 1.807) is 6.19 Å². The molecule has 0 radical (unpaired) electrons. The van der Waals surface area contributed by atoms with Crippen LogP contribution in [0.4, 0.5) is 0 Å². The third-order valence-electron chi connectivity index (χ3n) is 0.675. The van der Waals surface area contributed by atoms with Gasteiger partial charge in [0.2, 0.25) is 0 Å². The second-order valence-corrected chi connectivity index (χ2v) is 1.44. The van der Waals surface area contributed by atoms with E-state index in [0.29, 0.717) is 0 Å². The van der Waals surface area contributed by atoms with Gasteiger partial charge in [-0.05, 0) is 0 Å². The van der Waals surface area contributed by atoms with Gasteiger partial charge in [0, 0.05) is 0 Å². The number of aliphatic imine (C=N–C) groups is 1. The zero-order valence-electron chi connectivity index (χ0n) is 5.24. The second-order valence-electron chi connectivity index (χ2n) is 1.44. The van der Waals surface area contributed by atoms with Crippen molar-refractivity contribution in [1.29, 1.82) is 5.26 Å². The molecule has 0 heterocycles. The first-order valence-corrected chi connectivity index (χ1v) is 2.62. The average Bonchev–Trinajstić information content (AvgIpc) is 1.87. The van der Waals surface area contributed by atoms with E-state index in [1.807, 2.05) is 0 Å². The summed E-state index contributed by atoms with van der Waals surface area (Å²) in [4.78, 5) is 13.4. The van der Waals surface area contributed by atoms with E-state index >= 15 is 0 Å². The molecule has 5 nitrogen and oxygen atoms in total. The lowest BCUT2D eigenvalue weighted by atomic mass is 10.4. The maximum atomic E-state index is 9.87. The molecule has 0 aromatic heterocycles. The maximum absolute atomic E-state index is 9.87. The Hall–Kier alpha value is -1.57. The van der Waals surface area contributed by atoms with Crippen molar-refractivity contribution in [3.05, 3.63) is 0 Å². The minimum Gasteiger partial charge on any atom is -0.481 e. The Morgan fingerprint density at radius 2 is 2.60 bits per heavy atom. The van der Waals surface area contributed by atoms with Crippen LogP contribution < -0.4 is 5.32 Å². The van der Waals surface area contributed by atoms with Gasteiger partial charge in [-0.3, -0.25) is 15.1 Å². The van der Waals surface area contributed by atoms with Gasteiger partial charge in [0.1, 0.15) is 0 Å². The number of nitrogens with zero attached hydrogens (tertiary/aromatic N) is 2. The van der Waals surface area contributed by atoms with Gasteiger partial charge in [-0.15, -0.1) is 0 Å². The Bertz CT molecular complexity index is 170. The van der Waals surface area contributed by atoms with Crippen molar-refractivity contribution in [3.63, 3.8) is 0 Å². The van der Waals surface area contributed by atoms with Crippen molar-refractivity contribution in [2.75, 3.05) is 6.54 Å². The summed E-state index contributed by atoms with van der Waals surface area (Å²) in [5.41, 5.74) is 0. The molecule has 0 atom stereocenters. The third kappa shape index (κ3) is 6.43. The third-order valence-corrected chi connectivity index (χ3v) is 0.675. The highest BCUT2D eigenvalue weighted by atomic mass is 16.4. The van der Waals surface area contributed by atoms with Crippen molar-refractivity contribution >= 4 is 12.3 Å². The number of nitrogens with one attached hydrogen (secondary N) is 1. The summed E-state index contributed by atoms with van der Waals surface area (Å²) in [6, 6.07) is 0. The van der Waals surface area contributed by atoms with Crippen molar-refractivity contribution < 1.29 is 9.90 Å². The predicted octanol–water partition coefficient (Wildman–Crippen LogP) is -0.440. The van der Waals surface area contributed by atoms with Gasteiger partial charge in [-0.1, -0.05) is 0 Å². The summed E-state index contributed by atoms with van der Waals surface area (Å²) in [5, 5.41) is 18.2. The largest absolute Gasteiger partial charge is 0.481 e. The molecule has 10 heavy (non-hydrogen) atoms. The first-order chi connectivity index (χ1) is 4.77. The van der Waals surface area contributed by atoms with Crippen LogP contribution in [0.3, 0.4) is 0 Å². The Balaban J connectivity index is 3.20. The minimum atomic E-state index is -0.894. The summed E-state index contributed by atoms with van der Waals surface area (Å²) in [5.74, 6) is -0.894. The Morgan fingerprint density at radius 3 is 3.10 bits per heavy atom. The first kappa shape index (κ1) is 8.43. The Kier molecular flexibility index (Phi) is 4.69. The van der Waals surface area contributed by atoms with Crippen LogP contribution in [0, 0.1) is 11.5 Å². The van der Waals surface area contributed by atoms with Gasteiger partial charge in [0.05, 0.1) is 19.3 Å². The molecule has 0 aromatic carbocycles. The van der Waals surface area contributed by atoms with Crippen LogP contribution in [-0.4, -0.2) is 24.0 Å². The normalized spacial score (nSPS) is 9.10. The zero-order valence-corrected chi connectivity index (χ0v) is 5.24. The van der Waals surface area contributed by atoms with E-state index in [0.717, 1.165) is 0 Å². The summed E-state index contributed by atoms with van der Waals surface area (Å²) >= 11 is 0. The van der Waals surface area contributed by atoms with Crippen molar-refractivity contribution in [3.8, 4) is 6.19 Å². The molecule has 2 N–H and O–H groups in total. The van der Waals surface area contributed by atoms with Crippen molar-refractivity contribution in [2.45, 2.75) is 6.42 Å². The molecule has 0 amide bonds. The molecule has 5 heteroatoms. The summed E-state index contributed by atoms with van der Waals surface area (Å²) in [6.07, 6.45) is 2.77. The van der Waals surface area contributed by atoms with E-state index in [-0.39, 0.29) is 13.0 Å². The van der Waals surface area contributed by atoms with E-state index in [9.17, 15) is 4.79 Å². The van der Waals surface area contributed by atoms with Crippen LogP contribution in [0.15, 0.2) is 4.99 Å². The highest BCUT2D eigenvalue weighted by Gasteiger charge is 1.91. The van der Waals surface area contributed by atoms with E-state index in [2.05, 4.69) is 10.3 Å². The number of hydrogen-bond acceptors (Lipinski definition) is 3. The van der Waals surface area contributed by atoms with Crippen LogP contribution in [-0.2, 0) is 4.79 Å². The summed E-state index contributed by atoms with van der Waals surface area (Å²) < 4.78 is 0. The maximum Gasteiger partial charge on any atom is 0.305 e. The monoisotopic (exact) mass is 141 g/mol. The molecule has 0 bridgehead atoms. The van der Waals surface area contributed by atoms with Crippen molar-refractivity contribution in [2.24, 2.45) is 4.99 Å². The molecule has 0 spiro atoms. The van der Waals surface area contributed by atoms with E-state index in [4.69, 9.17) is 10.4 Å². The number of carbonyl (C=O) groups is 1. The topological polar surface area (TPSA) is 85.5 Å². The highest BCUT2D eigenvalue weighted by Crippen LogP contribution is 1.77. The van der Waals surface area contributed by atoms with Crippen LogP contribution in [0.5, 0.6) is 0 Å². The zero-order chi connectivity index (χ0) is 7.82. The first-order valence-electron chi connectivity index (χ1n) is 2.62. The van der Waals surface area contributed by atoms with Gasteiger partial charge < -0.3 is 5.11 Å². The number of hydrogen-bond donors (Lipinski definition) is 2. The molecular formula is C5H7N3O2. The molecule has 0 saturated heterocycles. The Labute approximate surface area is 58.0 Å². The summed E-state index contributed by atoms with van der Waals surface area (Å²) in [6.45, 7) is 0.198. The average molecular weight is 141 g/mol. The van der Waals surface area contributed by atoms with E-state index < -0.39 is 5.97 Å². The number of carboxylic acid groups (broad SMARTS) is 1. The predicted molar refractivity (Wildman–Crippen MR) is 34.4 cm³/mol. The molecule has 0 aliphatic carbocycles. The lowest BCUT2D eigenvalue weighted by molar-refractivity contribution is -0.136. The molecule has 0 rings (SSSR count). The number of rotatable bonds is 4. The molecule has 0 saturated carbocycles. The molecule has 0 aromatic rings. The van der Waals surface area contributed by atoms with Crippen molar-refractivity contribution in [1.82, 2.24) is 5.32 Å². The summed E-state index contributed by atoms with van der Waals surface area (Å²) in [7, 11) is 0. The Morgan fingerprint density at radius 1 is 1.90 bits per heavy atom. The number of aliphatic carboxylic acids is 1. The van der Waals surface area contributed by atoms with Crippen LogP contribution >= 0.6 is 0 Å². The lowest BCUT2D eigenvalue weighted by Crippen LogP contribution is -2.02. The van der Waals surface area contributed by atoms with Gasteiger partial charge in [0.15, 0.2) is 6.19 Å². The number of carboxylic acids is 1. The van der Waals surface area contributed by atoms with Gasteiger partial charge in [-0.2, -0.15) is 5.26 Å². The minimum absolute atomic E-state index is 0.0103. The van der Waals surface area contributed by atoms with Gasteiger partial charge >= 0.3 is 5.97 Å².